The summed E-state index contributed by atoms with van der Waals surface area (Å²) >= 11 is 1.22. The van der Waals surface area contributed by atoms with Crippen LogP contribution in [-0.4, -0.2) is 53.2 Å². The molecule has 3 aromatic rings. The number of rotatable bonds is 5. The number of aromatic nitrogens is 3. The van der Waals surface area contributed by atoms with Crippen LogP contribution >= 0.6 is 11.3 Å². The second kappa shape index (κ2) is 8.49. The molecule has 31 heavy (non-hydrogen) atoms. The lowest BCUT2D eigenvalue weighted by Crippen LogP contribution is -2.35. The summed E-state index contributed by atoms with van der Waals surface area (Å²) in [5.74, 6) is -0.971. The van der Waals surface area contributed by atoms with E-state index in [1.807, 2.05) is 0 Å². The highest BCUT2D eigenvalue weighted by Crippen LogP contribution is 2.31. The number of sulfonamides is 1. The molecular formula is C19H17N5O5S2. The van der Waals surface area contributed by atoms with E-state index in [4.69, 9.17) is 0 Å². The van der Waals surface area contributed by atoms with E-state index in [1.54, 1.807) is 0 Å². The Morgan fingerprint density at radius 1 is 1.19 bits per heavy atom. The Morgan fingerprint density at radius 3 is 2.65 bits per heavy atom. The maximum absolute atomic E-state index is 13.0. The minimum absolute atomic E-state index is 0.0873. The zero-order valence-corrected chi connectivity index (χ0v) is 17.9. The minimum atomic E-state index is -3.76. The number of esters is 1. The Labute approximate surface area is 182 Å². The average molecular weight is 460 g/mol. The zero-order valence-electron chi connectivity index (χ0n) is 16.3. The van der Waals surface area contributed by atoms with Gasteiger partial charge < -0.3 is 4.74 Å². The molecule has 160 valence electrons. The van der Waals surface area contributed by atoms with E-state index in [0.717, 1.165) is 10.6 Å². The first-order valence-electron chi connectivity index (χ1n) is 9.13. The number of carbonyl (C=O) groups excluding carboxylic acids is 2. The van der Waals surface area contributed by atoms with Crippen LogP contribution in [0.25, 0.3) is 0 Å². The Balaban J connectivity index is 1.49. The summed E-state index contributed by atoms with van der Waals surface area (Å²) in [5.41, 5.74) is 1.19. The number of hydrogen-bond acceptors (Lipinski definition) is 9. The molecule has 0 saturated heterocycles. The van der Waals surface area contributed by atoms with Crippen LogP contribution in [0.3, 0.4) is 0 Å². The number of fused-ring (bicyclic) bond motifs is 1. The van der Waals surface area contributed by atoms with Gasteiger partial charge in [-0.25, -0.2) is 23.2 Å². The normalized spacial score (nSPS) is 14.0. The summed E-state index contributed by atoms with van der Waals surface area (Å²) in [6.45, 7) is 0.407. The minimum Gasteiger partial charge on any atom is -0.465 e. The average Bonchev–Trinajstić information content (AvgIpc) is 3.20. The molecule has 4 rings (SSSR count). The summed E-state index contributed by atoms with van der Waals surface area (Å²) in [7, 11) is -2.49. The molecule has 12 heteroatoms. The summed E-state index contributed by atoms with van der Waals surface area (Å²) in [4.78, 5) is 36.9. The van der Waals surface area contributed by atoms with Crippen molar-refractivity contribution in [3.63, 3.8) is 0 Å². The fourth-order valence-corrected chi connectivity index (χ4v) is 5.55. The third kappa shape index (κ3) is 4.31. The fourth-order valence-electron chi connectivity index (χ4n) is 3.04. The van der Waals surface area contributed by atoms with Gasteiger partial charge in [0.05, 0.1) is 36.0 Å². The summed E-state index contributed by atoms with van der Waals surface area (Å²) < 4.78 is 32.0. The molecule has 1 aliphatic rings. The van der Waals surface area contributed by atoms with E-state index in [0.29, 0.717) is 11.6 Å². The maximum Gasteiger partial charge on any atom is 0.337 e. The van der Waals surface area contributed by atoms with Crippen molar-refractivity contribution in [3.05, 3.63) is 64.7 Å². The molecule has 0 aliphatic carbocycles. The topological polar surface area (TPSA) is 131 Å². The summed E-state index contributed by atoms with van der Waals surface area (Å²) in [6.07, 6.45) is 4.66. The number of nitrogens with zero attached hydrogens (tertiary/aromatic N) is 4. The highest BCUT2D eigenvalue weighted by molar-refractivity contribution is 7.89. The Morgan fingerprint density at radius 2 is 1.97 bits per heavy atom. The number of carbonyl (C=O) groups is 2. The Hall–Kier alpha value is -3.22. The Kier molecular flexibility index (Phi) is 5.76. The van der Waals surface area contributed by atoms with Gasteiger partial charge in [0.25, 0.3) is 5.91 Å². The molecule has 3 heterocycles. The molecule has 1 amide bonds. The van der Waals surface area contributed by atoms with Gasteiger partial charge in [-0.2, -0.15) is 4.31 Å². The zero-order chi connectivity index (χ0) is 22.0. The SMILES string of the molecule is COC(=O)c1ccc(S(=O)(=O)N2CCc3nc(NC(=O)c4cnccn4)sc3C2)cc1. The van der Waals surface area contributed by atoms with Crippen LogP contribution < -0.4 is 5.32 Å². The van der Waals surface area contributed by atoms with Gasteiger partial charge >= 0.3 is 5.97 Å². The number of benzene rings is 1. The first-order valence-corrected chi connectivity index (χ1v) is 11.4. The van der Waals surface area contributed by atoms with E-state index in [9.17, 15) is 18.0 Å². The number of thiazole rings is 1. The monoisotopic (exact) mass is 459 g/mol. The predicted octanol–water partition coefficient (Wildman–Crippen LogP) is 1.72. The highest BCUT2D eigenvalue weighted by atomic mass is 32.2. The first kappa shape index (κ1) is 21.0. The van der Waals surface area contributed by atoms with Gasteiger partial charge in [0.15, 0.2) is 5.13 Å². The molecule has 10 nitrogen and oxygen atoms in total. The molecule has 0 saturated carbocycles. The van der Waals surface area contributed by atoms with Gasteiger partial charge in [0.2, 0.25) is 10.0 Å². The van der Waals surface area contributed by atoms with E-state index >= 15 is 0 Å². The quantitative estimate of drug-likeness (QED) is 0.571. The largest absolute Gasteiger partial charge is 0.465 e. The van der Waals surface area contributed by atoms with Crippen LogP contribution in [0.2, 0.25) is 0 Å². The van der Waals surface area contributed by atoms with Crippen molar-refractivity contribution in [2.75, 3.05) is 19.0 Å². The number of hydrogen-bond donors (Lipinski definition) is 1. The molecule has 0 spiro atoms. The molecule has 1 N–H and O–H groups in total. The molecule has 2 aromatic heterocycles. The lowest BCUT2D eigenvalue weighted by molar-refractivity contribution is 0.0600. The van der Waals surface area contributed by atoms with Crippen LogP contribution in [0.1, 0.15) is 31.4 Å². The lowest BCUT2D eigenvalue weighted by atomic mass is 10.2. The standard InChI is InChI=1S/C19H17N5O5S2/c1-29-18(26)12-2-4-13(5-3-12)31(27,28)24-9-6-14-16(11-24)30-19(22-14)23-17(25)15-10-20-7-8-21-15/h2-5,7-8,10H,6,9,11H2,1H3,(H,22,23,25). The molecule has 0 bridgehead atoms. The van der Waals surface area contributed by atoms with E-state index in [2.05, 4.69) is 25.0 Å². The van der Waals surface area contributed by atoms with Crippen molar-refractivity contribution in [2.45, 2.75) is 17.9 Å². The van der Waals surface area contributed by atoms with E-state index < -0.39 is 21.9 Å². The summed E-state index contributed by atoms with van der Waals surface area (Å²) in [6, 6.07) is 5.61. The van der Waals surface area contributed by atoms with Crippen molar-refractivity contribution in [3.8, 4) is 0 Å². The van der Waals surface area contributed by atoms with Gasteiger partial charge in [0, 0.05) is 30.2 Å². The second-order valence-corrected chi connectivity index (χ2v) is 9.56. The first-order chi connectivity index (χ1) is 14.9. The number of ether oxygens (including phenoxy) is 1. The Bertz CT molecular complexity index is 1230. The molecule has 0 atom stereocenters. The third-order valence-corrected chi connectivity index (χ3v) is 7.48. The van der Waals surface area contributed by atoms with Gasteiger partial charge in [-0.05, 0) is 24.3 Å². The van der Waals surface area contributed by atoms with Crippen molar-refractivity contribution in [1.29, 1.82) is 0 Å². The number of nitrogens with one attached hydrogen (secondary N) is 1. The highest BCUT2D eigenvalue weighted by Gasteiger charge is 2.31. The fraction of sp³-hybridized carbons (Fsp3) is 0.211. The maximum atomic E-state index is 13.0. The van der Waals surface area contributed by atoms with Gasteiger partial charge in [-0.15, -0.1) is 11.3 Å². The van der Waals surface area contributed by atoms with E-state index in [1.165, 1.54) is 65.6 Å². The van der Waals surface area contributed by atoms with Crippen LogP contribution in [0, 0.1) is 0 Å². The second-order valence-electron chi connectivity index (χ2n) is 6.54. The number of methoxy groups -OCH3 is 1. The third-order valence-electron chi connectivity index (χ3n) is 4.63. The van der Waals surface area contributed by atoms with Crippen LogP contribution in [0.4, 0.5) is 5.13 Å². The van der Waals surface area contributed by atoms with Gasteiger partial charge in [-0.3, -0.25) is 15.1 Å². The molecule has 1 aromatic carbocycles. The van der Waals surface area contributed by atoms with Crippen molar-refractivity contribution < 1.29 is 22.7 Å². The summed E-state index contributed by atoms with van der Waals surface area (Å²) in [5, 5.41) is 3.05. The van der Waals surface area contributed by atoms with Crippen molar-refractivity contribution in [1.82, 2.24) is 19.3 Å². The predicted molar refractivity (Wildman–Crippen MR) is 111 cm³/mol. The van der Waals surface area contributed by atoms with Gasteiger partial charge in [-0.1, -0.05) is 0 Å². The lowest BCUT2D eigenvalue weighted by Gasteiger charge is -2.25. The number of amides is 1. The molecular weight excluding hydrogens is 442 g/mol. The molecule has 0 unspecified atom stereocenters. The van der Waals surface area contributed by atoms with Gasteiger partial charge in [0.1, 0.15) is 5.69 Å². The van der Waals surface area contributed by atoms with Crippen molar-refractivity contribution in [2.24, 2.45) is 0 Å². The molecule has 0 fully saturated rings. The van der Waals surface area contributed by atoms with Crippen LogP contribution in [-0.2, 0) is 27.7 Å². The smallest absolute Gasteiger partial charge is 0.337 e. The van der Waals surface area contributed by atoms with Crippen LogP contribution in [0.15, 0.2) is 47.8 Å². The van der Waals surface area contributed by atoms with Crippen molar-refractivity contribution >= 4 is 38.4 Å². The number of anilines is 1. The molecule has 1 aliphatic heterocycles. The molecule has 0 radical (unpaired) electrons. The van der Waals surface area contributed by atoms with Crippen LogP contribution in [0.5, 0.6) is 0 Å². The van der Waals surface area contributed by atoms with E-state index in [-0.39, 0.29) is 29.2 Å².